The lowest BCUT2D eigenvalue weighted by Gasteiger charge is -2.43. The maximum Gasteiger partial charge on any atom is 0.215 e. The number of likely N-dealkylation sites (tertiary alicyclic amines) is 1. The number of methoxy groups -OCH3 is 1. The Morgan fingerprint density at radius 3 is 2.48 bits per heavy atom. The van der Waals surface area contributed by atoms with Gasteiger partial charge in [-0.25, -0.2) is 4.99 Å². The Morgan fingerprint density at radius 2 is 1.76 bits per heavy atom. The van der Waals surface area contributed by atoms with Crippen LogP contribution in [0.1, 0.15) is 24.0 Å². The molecule has 2 saturated heterocycles. The van der Waals surface area contributed by atoms with Crippen molar-refractivity contribution in [3.05, 3.63) is 53.6 Å². The fourth-order valence-electron chi connectivity index (χ4n) is 5.32. The van der Waals surface area contributed by atoms with Gasteiger partial charge in [-0.3, -0.25) is 10.6 Å². The number of piperazine rings is 1. The van der Waals surface area contributed by atoms with Crippen molar-refractivity contribution in [2.24, 2.45) is 16.5 Å². The van der Waals surface area contributed by atoms with Gasteiger partial charge in [0.25, 0.3) is 0 Å². The standard InChI is InChI=1S/C25H35N7O/c1-30-11-9-18(10-12-30)31-13-15-32(16-14-31)19-7-8-21(23(17-19)33-2)25(27)28-22-6-4-3-5-20(22)24(26)29-25/h3-8,17-18,28H,9-16,27H2,1-2H3,(H2,26,29). The number of amidine groups is 1. The van der Waals surface area contributed by atoms with Crippen LogP contribution in [0.5, 0.6) is 5.75 Å². The predicted octanol–water partition coefficient (Wildman–Crippen LogP) is 1.81. The van der Waals surface area contributed by atoms with Crippen LogP contribution in [0.4, 0.5) is 11.4 Å². The lowest BCUT2D eigenvalue weighted by Crippen LogP contribution is -2.53. The van der Waals surface area contributed by atoms with Crippen molar-refractivity contribution in [3.8, 4) is 5.75 Å². The Morgan fingerprint density at radius 1 is 1.03 bits per heavy atom. The third kappa shape index (κ3) is 4.26. The van der Waals surface area contributed by atoms with Crippen molar-refractivity contribution in [3.63, 3.8) is 0 Å². The zero-order valence-electron chi connectivity index (χ0n) is 19.6. The molecule has 3 aliphatic rings. The second kappa shape index (κ2) is 8.85. The number of hydrogen-bond acceptors (Lipinski definition) is 8. The van der Waals surface area contributed by atoms with Crippen LogP contribution in [0.15, 0.2) is 47.5 Å². The van der Waals surface area contributed by atoms with E-state index in [1.807, 2.05) is 30.3 Å². The molecule has 0 aliphatic carbocycles. The van der Waals surface area contributed by atoms with E-state index in [4.69, 9.17) is 16.2 Å². The van der Waals surface area contributed by atoms with Crippen molar-refractivity contribution in [2.75, 3.05) is 63.6 Å². The Labute approximate surface area is 196 Å². The summed E-state index contributed by atoms with van der Waals surface area (Å²) in [4.78, 5) is 12.1. The molecule has 0 amide bonds. The molecule has 0 radical (unpaired) electrons. The van der Waals surface area contributed by atoms with Crippen LogP contribution in [0, 0.1) is 0 Å². The second-order valence-corrected chi connectivity index (χ2v) is 9.38. The highest BCUT2D eigenvalue weighted by atomic mass is 16.5. The highest BCUT2D eigenvalue weighted by Gasteiger charge is 2.35. The van der Waals surface area contributed by atoms with E-state index in [2.05, 4.69) is 44.2 Å². The number of nitrogens with one attached hydrogen (secondary N) is 1. The van der Waals surface area contributed by atoms with E-state index in [9.17, 15) is 0 Å². The van der Waals surface area contributed by atoms with Crippen molar-refractivity contribution in [1.29, 1.82) is 0 Å². The molecule has 2 aromatic rings. The zero-order valence-corrected chi connectivity index (χ0v) is 19.6. The van der Waals surface area contributed by atoms with Crippen molar-refractivity contribution in [2.45, 2.75) is 24.7 Å². The molecule has 2 fully saturated rings. The minimum absolute atomic E-state index is 0.419. The Balaban J connectivity index is 1.32. The minimum atomic E-state index is -1.19. The summed E-state index contributed by atoms with van der Waals surface area (Å²) < 4.78 is 5.77. The number of nitrogens with two attached hydrogens (primary N) is 2. The maximum absolute atomic E-state index is 6.72. The highest BCUT2D eigenvalue weighted by molar-refractivity contribution is 6.04. The van der Waals surface area contributed by atoms with E-state index in [1.165, 1.54) is 25.9 Å². The normalized spacial score (nSPS) is 24.7. The van der Waals surface area contributed by atoms with Crippen molar-refractivity contribution < 1.29 is 4.74 Å². The summed E-state index contributed by atoms with van der Waals surface area (Å²) in [6, 6.07) is 14.7. The summed E-state index contributed by atoms with van der Waals surface area (Å²) in [5, 5.41) is 3.35. The van der Waals surface area contributed by atoms with E-state index in [0.29, 0.717) is 11.6 Å². The van der Waals surface area contributed by atoms with Gasteiger partial charge >= 0.3 is 0 Å². The maximum atomic E-state index is 6.72. The molecule has 1 atom stereocenters. The molecule has 3 aliphatic heterocycles. The summed E-state index contributed by atoms with van der Waals surface area (Å²) >= 11 is 0. The SMILES string of the molecule is COc1cc(N2CCN(C3CCN(C)CC3)CC2)ccc1C1(N)N=C(N)c2ccccc2N1. The third-order valence-electron chi connectivity index (χ3n) is 7.30. The molecule has 3 heterocycles. The minimum Gasteiger partial charge on any atom is -0.496 e. The molecular formula is C25H35N7O. The van der Waals surface area contributed by atoms with E-state index in [-0.39, 0.29) is 0 Å². The molecule has 1 unspecified atom stereocenters. The molecule has 5 N–H and O–H groups in total. The topological polar surface area (TPSA) is 95.4 Å². The molecular weight excluding hydrogens is 414 g/mol. The lowest BCUT2D eigenvalue weighted by molar-refractivity contribution is 0.115. The number of benzene rings is 2. The van der Waals surface area contributed by atoms with Gasteiger partial charge in [-0.15, -0.1) is 0 Å². The Hall–Kier alpha value is -2.81. The van der Waals surface area contributed by atoms with Gasteiger partial charge < -0.3 is 25.6 Å². The average molecular weight is 450 g/mol. The fourth-order valence-corrected chi connectivity index (χ4v) is 5.32. The van der Waals surface area contributed by atoms with Crippen LogP contribution in [0.2, 0.25) is 0 Å². The first-order valence-corrected chi connectivity index (χ1v) is 11.8. The largest absolute Gasteiger partial charge is 0.496 e. The molecule has 0 spiro atoms. The van der Waals surface area contributed by atoms with Gasteiger partial charge in [-0.2, -0.15) is 0 Å². The molecule has 8 nitrogen and oxygen atoms in total. The Bertz CT molecular complexity index is 1030. The summed E-state index contributed by atoms with van der Waals surface area (Å²) in [5.74, 6) is -0.0611. The van der Waals surface area contributed by atoms with Crippen molar-refractivity contribution >= 4 is 17.2 Å². The molecule has 33 heavy (non-hydrogen) atoms. The van der Waals surface area contributed by atoms with E-state index < -0.39 is 5.79 Å². The average Bonchev–Trinajstić information content (AvgIpc) is 2.84. The summed E-state index contributed by atoms with van der Waals surface area (Å²) in [6.07, 6.45) is 2.55. The van der Waals surface area contributed by atoms with Gasteiger partial charge in [0.2, 0.25) is 5.79 Å². The number of piperidine rings is 1. The first-order chi connectivity index (χ1) is 16.0. The van der Waals surface area contributed by atoms with Crippen molar-refractivity contribution in [1.82, 2.24) is 9.80 Å². The van der Waals surface area contributed by atoms with Crippen LogP contribution < -0.4 is 26.4 Å². The number of fused-ring (bicyclic) bond motifs is 1. The monoisotopic (exact) mass is 449 g/mol. The lowest BCUT2D eigenvalue weighted by atomic mass is 10.0. The zero-order chi connectivity index (χ0) is 23.0. The first kappa shape index (κ1) is 22.0. The van der Waals surface area contributed by atoms with Crippen LogP contribution in [-0.4, -0.2) is 75.1 Å². The molecule has 0 aromatic heterocycles. The smallest absolute Gasteiger partial charge is 0.215 e. The number of para-hydroxylation sites is 1. The number of anilines is 2. The number of hydrogen-bond donors (Lipinski definition) is 3. The van der Waals surface area contributed by atoms with Gasteiger partial charge in [0.15, 0.2) is 0 Å². The number of aliphatic imine (C=N–C) groups is 1. The van der Waals surface area contributed by atoms with Gasteiger partial charge in [-0.1, -0.05) is 12.1 Å². The fraction of sp³-hybridized carbons (Fsp3) is 0.480. The molecule has 8 heteroatoms. The predicted molar refractivity (Wildman–Crippen MR) is 134 cm³/mol. The van der Waals surface area contributed by atoms with Crippen LogP contribution in [0.25, 0.3) is 0 Å². The first-order valence-electron chi connectivity index (χ1n) is 11.8. The second-order valence-electron chi connectivity index (χ2n) is 9.38. The Kier molecular flexibility index (Phi) is 5.90. The molecule has 0 bridgehead atoms. The van der Waals surface area contributed by atoms with Gasteiger partial charge in [0, 0.05) is 55.2 Å². The third-order valence-corrected chi connectivity index (χ3v) is 7.30. The number of nitrogens with zero attached hydrogens (tertiary/aromatic N) is 4. The van der Waals surface area contributed by atoms with Gasteiger partial charge in [0.05, 0.1) is 12.7 Å². The van der Waals surface area contributed by atoms with Crippen LogP contribution in [0.3, 0.4) is 0 Å². The summed E-state index contributed by atoms with van der Waals surface area (Å²) in [5.41, 5.74) is 16.6. The van der Waals surface area contributed by atoms with Crippen LogP contribution >= 0.6 is 0 Å². The molecule has 2 aromatic carbocycles. The number of rotatable bonds is 4. The van der Waals surface area contributed by atoms with Gasteiger partial charge in [-0.05, 0) is 57.2 Å². The highest BCUT2D eigenvalue weighted by Crippen LogP contribution is 2.37. The van der Waals surface area contributed by atoms with E-state index in [0.717, 1.165) is 54.7 Å². The molecule has 176 valence electrons. The summed E-state index contributed by atoms with van der Waals surface area (Å²) in [6.45, 7) is 6.63. The van der Waals surface area contributed by atoms with E-state index >= 15 is 0 Å². The molecule has 0 saturated carbocycles. The number of ether oxygens (including phenoxy) is 1. The van der Waals surface area contributed by atoms with Gasteiger partial charge in [0.1, 0.15) is 11.6 Å². The molecule has 5 rings (SSSR count). The van der Waals surface area contributed by atoms with E-state index in [1.54, 1.807) is 7.11 Å². The quantitative estimate of drug-likeness (QED) is 0.655. The summed E-state index contributed by atoms with van der Waals surface area (Å²) in [7, 11) is 3.89. The van der Waals surface area contributed by atoms with Crippen LogP contribution in [-0.2, 0) is 5.79 Å².